The number of nitrogens with one attached hydrogen (secondary N) is 2. The lowest BCUT2D eigenvalue weighted by Gasteiger charge is -2.09. The third-order valence-corrected chi connectivity index (χ3v) is 4.05. The quantitative estimate of drug-likeness (QED) is 0.905. The summed E-state index contributed by atoms with van der Waals surface area (Å²) in [7, 11) is 0. The topological polar surface area (TPSA) is 62.0 Å². The van der Waals surface area contributed by atoms with E-state index in [-0.39, 0.29) is 17.5 Å². The van der Waals surface area contributed by atoms with E-state index in [0.717, 1.165) is 12.1 Å². The summed E-state index contributed by atoms with van der Waals surface area (Å²) < 4.78 is 38.2. The van der Waals surface area contributed by atoms with Crippen LogP contribution < -0.4 is 10.9 Å². The molecule has 24 heavy (non-hydrogen) atoms. The van der Waals surface area contributed by atoms with Gasteiger partial charge in [-0.05, 0) is 37.1 Å². The molecule has 1 aliphatic rings. The van der Waals surface area contributed by atoms with Gasteiger partial charge in [-0.1, -0.05) is 18.2 Å². The molecule has 0 aliphatic heterocycles. The molecule has 0 bridgehead atoms. The van der Waals surface area contributed by atoms with Gasteiger partial charge in [0.15, 0.2) is 0 Å². The molecule has 0 radical (unpaired) electrons. The van der Waals surface area contributed by atoms with Crippen LogP contribution in [0.4, 0.5) is 13.2 Å². The molecule has 2 aromatic rings. The molecule has 1 fully saturated rings. The van der Waals surface area contributed by atoms with Crippen LogP contribution in [0.5, 0.6) is 0 Å². The van der Waals surface area contributed by atoms with Crippen molar-refractivity contribution in [2.24, 2.45) is 0 Å². The van der Waals surface area contributed by atoms with Gasteiger partial charge in [-0.25, -0.2) is 0 Å². The Bertz CT molecular complexity index is 842. The number of hydrogen-bond donors (Lipinski definition) is 2. The number of rotatable bonds is 3. The van der Waals surface area contributed by atoms with Gasteiger partial charge in [0.05, 0.1) is 5.56 Å². The minimum atomic E-state index is -4.39. The van der Waals surface area contributed by atoms with Crippen molar-refractivity contribution in [1.29, 1.82) is 0 Å². The zero-order valence-corrected chi connectivity index (χ0v) is 12.8. The monoisotopic (exact) mass is 336 g/mol. The average molecular weight is 336 g/mol. The zero-order valence-electron chi connectivity index (χ0n) is 12.8. The molecule has 1 aromatic carbocycles. The highest BCUT2D eigenvalue weighted by Gasteiger charge is 2.41. The second-order valence-electron chi connectivity index (χ2n) is 5.93. The smallest absolute Gasteiger partial charge is 0.348 e. The van der Waals surface area contributed by atoms with Gasteiger partial charge in [-0.2, -0.15) is 13.2 Å². The number of aryl methyl sites for hydroxylation is 1. The lowest BCUT2D eigenvalue weighted by molar-refractivity contribution is -0.137. The Kier molecular flexibility index (Phi) is 3.95. The molecule has 1 aliphatic carbocycles. The number of benzene rings is 1. The molecule has 1 amide bonds. The summed E-state index contributed by atoms with van der Waals surface area (Å²) >= 11 is 0. The van der Waals surface area contributed by atoms with Crippen molar-refractivity contribution in [3.05, 3.63) is 69.1 Å². The van der Waals surface area contributed by atoms with E-state index in [1.807, 2.05) is 0 Å². The summed E-state index contributed by atoms with van der Waals surface area (Å²) in [5, 5.41) is 2.70. The van der Waals surface area contributed by atoms with Gasteiger partial charge in [0, 0.05) is 17.7 Å². The number of aromatic amines is 1. The molecule has 126 valence electrons. The molecule has 1 aromatic heterocycles. The lowest BCUT2D eigenvalue weighted by atomic mass is 10.1. The van der Waals surface area contributed by atoms with Gasteiger partial charge < -0.3 is 10.3 Å². The molecular formula is C17H15F3N2O2. The zero-order chi connectivity index (χ0) is 17.5. The number of pyridine rings is 1. The minimum Gasteiger partial charge on any atom is -0.348 e. The van der Waals surface area contributed by atoms with E-state index in [1.54, 1.807) is 19.1 Å². The highest BCUT2D eigenvalue weighted by Crippen LogP contribution is 2.42. The molecule has 2 atom stereocenters. The Labute approximate surface area is 135 Å². The maximum atomic E-state index is 12.7. The molecule has 0 spiro atoms. The van der Waals surface area contributed by atoms with Crippen molar-refractivity contribution in [1.82, 2.24) is 10.3 Å². The highest BCUT2D eigenvalue weighted by molar-refractivity contribution is 5.94. The molecule has 1 saturated carbocycles. The van der Waals surface area contributed by atoms with Crippen LogP contribution in [0, 0.1) is 6.92 Å². The number of aromatic nitrogens is 1. The highest BCUT2D eigenvalue weighted by atomic mass is 19.4. The lowest BCUT2D eigenvalue weighted by Crippen LogP contribution is -2.31. The predicted molar refractivity (Wildman–Crippen MR) is 81.9 cm³/mol. The number of halogens is 3. The first-order valence-corrected chi connectivity index (χ1v) is 7.43. The largest absolute Gasteiger partial charge is 0.416 e. The van der Waals surface area contributed by atoms with Crippen LogP contribution in [-0.4, -0.2) is 16.9 Å². The summed E-state index contributed by atoms with van der Waals surface area (Å²) in [4.78, 5) is 26.4. The van der Waals surface area contributed by atoms with Crippen molar-refractivity contribution in [2.75, 3.05) is 0 Å². The standard InChI is InChI=1S/C17H15F3N2O2/c1-9-5-6-12(15(23)21-9)16(24)22-14-8-13(14)10-3-2-4-11(7-10)17(18,19)20/h2-7,13-14H,8H2,1H3,(H,21,23)(H,22,24)/t13-,14+/m1/s1. The SMILES string of the molecule is Cc1ccc(C(=O)N[C@H]2C[C@@H]2c2cccc(C(F)(F)F)c2)c(=O)[nH]1. The van der Waals surface area contributed by atoms with E-state index in [1.165, 1.54) is 12.1 Å². The Morgan fingerprint density at radius 1 is 1.25 bits per heavy atom. The number of hydrogen-bond acceptors (Lipinski definition) is 2. The fourth-order valence-corrected chi connectivity index (χ4v) is 2.67. The molecular weight excluding hydrogens is 321 g/mol. The average Bonchev–Trinajstić information content (AvgIpc) is 3.25. The number of carbonyl (C=O) groups excluding carboxylic acids is 1. The molecule has 0 unspecified atom stereocenters. The Balaban J connectivity index is 1.70. The first-order chi connectivity index (χ1) is 11.3. The third kappa shape index (κ3) is 3.34. The predicted octanol–water partition coefficient (Wildman–Crippen LogP) is 2.99. The number of amides is 1. The molecule has 7 heteroatoms. The molecule has 0 saturated heterocycles. The van der Waals surface area contributed by atoms with E-state index >= 15 is 0 Å². The van der Waals surface area contributed by atoms with E-state index in [9.17, 15) is 22.8 Å². The first-order valence-electron chi connectivity index (χ1n) is 7.43. The molecule has 4 nitrogen and oxygen atoms in total. The van der Waals surface area contributed by atoms with Crippen LogP contribution in [0.1, 0.15) is 39.5 Å². The van der Waals surface area contributed by atoms with Gasteiger partial charge in [-0.3, -0.25) is 9.59 Å². The number of H-pyrrole nitrogens is 1. The normalized spacial score (nSPS) is 19.8. The van der Waals surface area contributed by atoms with Gasteiger partial charge in [-0.15, -0.1) is 0 Å². The Morgan fingerprint density at radius 3 is 2.67 bits per heavy atom. The van der Waals surface area contributed by atoms with E-state index in [0.29, 0.717) is 17.7 Å². The summed E-state index contributed by atoms with van der Waals surface area (Å²) in [6.45, 7) is 1.70. The minimum absolute atomic E-state index is 0.00436. The summed E-state index contributed by atoms with van der Waals surface area (Å²) in [6, 6.07) is 7.89. The fraction of sp³-hybridized carbons (Fsp3) is 0.294. The van der Waals surface area contributed by atoms with Crippen LogP contribution in [0.2, 0.25) is 0 Å². The van der Waals surface area contributed by atoms with Crippen LogP contribution >= 0.6 is 0 Å². The van der Waals surface area contributed by atoms with Gasteiger partial charge in [0.1, 0.15) is 5.56 Å². The molecule has 1 heterocycles. The number of carbonyl (C=O) groups is 1. The van der Waals surface area contributed by atoms with E-state index in [4.69, 9.17) is 0 Å². The Morgan fingerprint density at radius 2 is 2.00 bits per heavy atom. The van der Waals surface area contributed by atoms with Gasteiger partial charge in [0.2, 0.25) is 0 Å². The summed E-state index contributed by atoms with van der Waals surface area (Å²) in [5.41, 5.74) is -0.0104. The van der Waals surface area contributed by atoms with Gasteiger partial charge in [0.25, 0.3) is 11.5 Å². The summed E-state index contributed by atoms with van der Waals surface area (Å²) in [6.07, 6.45) is -3.84. The second kappa shape index (κ2) is 5.81. The van der Waals surface area contributed by atoms with Crippen molar-refractivity contribution in [2.45, 2.75) is 31.5 Å². The third-order valence-electron chi connectivity index (χ3n) is 4.05. The van der Waals surface area contributed by atoms with Crippen LogP contribution in [0.3, 0.4) is 0 Å². The van der Waals surface area contributed by atoms with Crippen molar-refractivity contribution < 1.29 is 18.0 Å². The summed E-state index contributed by atoms with van der Waals surface area (Å²) in [5.74, 6) is -0.684. The van der Waals surface area contributed by atoms with Crippen LogP contribution in [0.15, 0.2) is 41.2 Å². The fourth-order valence-electron chi connectivity index (χ4n) is 2.67. The van der Waals surface area contributed by atoms with E-state index in [2.05, 4.69) is 10.3 Å². The van der Waals surface area contributed by atoms with Gasteiger partial charge >= 0.3 is 6.18 Å². The van der Waals surface area contributed by atoms with E-state index < -0.39 is 23.2 Å². The maximum Gasteiger partial charge on any atom is 0.416 e. The van der Waals surface area contributed by atoms with Crippen molar-refractivity contribution in [3.63, 3.8) is 0 Å². The molecule has 3 rings (SSSR count). The Hall–Kier alpha value is -2.57. The van der Waals surface area contributed by atoms with Crippen LogP contribution in [0.25, 0.3) is 0 Å². The maximum absolute atomic E-state index is 12.7. The molecule has 2 N–H and O–H groups in total. The van der Waals surface area contributed by atoms with Crippen LogP contribution in [-0.2, 0) is 6.18 Å². The first kappa shape index (κ1) is 16.3. The van der Waals surface area contributed by atoms with Crippen molar-refractivity contribution in [3.8, 4) is 0 Å². The second-order valence-corrected chi connectivity index (χ2v) is 5.93. The van der Waals surface area contributed by atoms with Crippen molar-refractivity contribution >= 4 is 5.91 Å². The number of alkyl halides is 3.